The summed E-state index contributed by atoms with van der Waals surface area (Å²) in [5, 5.41) is 0. The van der Waals surface area contributed by atoms with Gasteiger partial charge in [0.1, 0.15) is 0 Å². The number of fused-ring (bicyclic) bond motifs is 2. The Morgan fingerprint density at radius 1 is 1.25 bits per heavy atom. The normalized spacial score (nSPS) is 24.8. The zero-order valence-corrected chi connectivity index (χ0v) is 13.5. The van der Waals surface area contributed by atoms with Crippen LogP contribution in [0.25, 0.3) is 0 Å². The van der Waals surface area contributed by atoms with E-state index in [0.29, 0.717) is 17.7 Å². The van der Waals surface area contributed by atoms with Crippen LogP contribution in [0, 0.1) is 0 Å². The van der Waals surface area contributed by atoms with Gasteiger partial charge in [0.15, 0.2) is 0 Å². The highest BCUT2D eigenvalue weighted by atomic mass is 127. The van der Waals surface area contributed by atoms with Crippen molar-refractivity contribution in [2.75, 3.05) is 5.73 Å². The summed E-state index contributed by atoms with van der Waals surface area (Å²) in [6, 6.07) is 1.91. The Kier molecular flexibility index (Phi) is 3.65. The van der Waals surface area contributed by atoms with E-state index in [4.69, 9.17) is 9.92 Å². The summed E-state index contributed by atoms with van der Waals surface area (Å²) in [4.78, 5) is 0. The van der Waals surface area contributed by atoms with Crippen LogP contribution in [0.4, 0.5) is 18.9 Å². The monoisotopic (exact) mass is 415 g/mol. The van der Waals surface area contributed by atoms with Gasteiger partial charge in [0, 0.05) is 32.5 Å². The molecule has 0 aromatic heterocycles. The van der Waals surface area contributed by atoms with Crippen LogP contribution < -0.4 is 5.73 Å². The lowest BCUT2D eigenvalue weighted by atomic mass is 9.90. The average Bonchev–Trinajstić information content (AvgIpc) is 2.95. The van der Waals surface area contributed by atoms with Crippen molar-refractivity contribution in [1.82, 2.24) is 0 Å². The van der Waals surface area contributed by atoms with Crippen molar-refractivity contribution in [3.8, 4) is 0 Å². The van der Waals surface area contributed by atoms with Crippen LogP contribution in [-0.4, -0.2) is 6.18 Å². The molecule has 3 rings (SSSR count). The summed E-state index contributed by atoms with van der Waals surface area (Å²) < 4.78 is 46.0. The molecule has 2 nitrogen and oxygen atoms in total. The van der Waals surface area contributed by atoms with E-state index in [1.54, 1.807) is 21.2 Å². The molecular weight excluding hydrogens is 402 g/mol. The van der Waals surface area contributed by atoms with Crippen LogP contribution in [0.2, 0.25) is 0 Å². The van der Waals surface area contributed by atoms with E-state index in [0.717, 1.165) is 39.6 Å². The standard InChI is InChI=1S/C13H13F3INOS/c14-13(15,16)12(19-20-17)5-4-8-6-7-2-1-3-9(7)11(18)10(8)12/h6H,1-5,18H2. The predicted octanol–water partition coefficient (Wildman–Crippen LogP) is 4.48. The lowest BCUT2D eigenvalue weighted by Crippen LogP contribution is -2.42. The molecule has 1 aromatic rings. The Labute approximate surface area is 131 Å². The highest BCUT2D eigenvalue weighted by molar-refractivity contribution is 14.2. The quantitative estimate of drug-likeness (QED) is 0.440. The minimum Gasteiger partial charge on any atom is -0.398 e. The molecule has 0 heterocycles. The zero-order chi connectivity index (χ0) is 14.5. The van der Waals surface area contributed by atoms with E-state index in [2.05, 4.69) is 0 Å². The molecule has 20 heavy (non-hydrogen) atoms. The van der Waals surface area contributed by atoms with Gasteiger partial charge in [-0.15, -0.1) is 0 Å². The fourth-order valence-electron chi connectivity index (χ4n) is 3.42. The van der Waals surface area contributed by atoms with Crippen LogP contribution in [0.5, 0.6) is 0 Å². The van der Waals surface area contributed by atoms with Crippen molar-refractivity contribution in [2.24, 2.45) is 0 Å². The topological polar surface area (TPSA) is 35.2 Å². The van der Waals surface area contributed by atoms with Gasteiger partial charge >= 0.3 is 6.18 Å². The zero-order valence-electron chi connectivity index (χ0n) is 10.5. The molecule has 0 saturated carbocycles. The second-order valence-electron chi connectivity index (χ2n) is 5.29. The molecule has 0 fully saturated rings. The summed E-state index contributed by atoms with van der Waals surface area (Å²) in [5.41, 5.74) is 7.01. The van der Waals surface area contributed by atoms with Crippen LogP contribution >= 0.6 is 30.4 Å². The third-order valence-corrected chi connectivity index (χ3v) is 5.19. The van der Waals surface area contributed by atoms with Gasteiger partial charge in [0.2, 0.25) is 5.60 Å². The Morgan fingerprint density at radius 2 is 2.00 bits per heavy atom. The van der Waals surface area contributed by atoms with Gasteiger partial charge in [0.25, 0.3) is 0 Å². The molecule has 2 N–H and O–H groups in total. The van der Waals surface area contributed by atoms with Crippen LogP contribution in [0.3, 0.4) is 0 Å². The number of alkyl halides is 3. The van der Waals surface area contributed by atoms with Crippen LogP contribution in [0.15, 0.2) is 6.07 Å². The first-order chi connectivity index (χ1) is 9.40. The molecule has 2 aliphatic rings. The number of anilines is 1. The SMILES string of the molecule is Nc1c2c(cc3c1C(OSI)(C(F)(F)F)CC3)CCC2. The van der Waals surface area contributed by atoms with E-state index in [1.165, 1.54) is 0 Å². The summed E-state index contributed by atoms with van der Waals surface area (Å²) in [5.74, 6) is 0. The number of halogens is 4. The molecule has 1 aromatic carbocycles. The van der Waals surface area contributed by atoms with E-state index >= 15 is 0 Å². The van der Waals surface area contributed by atoms with E-state index in [1.807, 2.05) is 6.07 Å². The molecule has 2 aliphatic carbocycles. The van der Waals surface area contributed by atoms with Crippen molar-refractivity contribution in [3.63, 3.8) is 0 Å². The minimum atomic E-state index is -4.46. The molecule has 1 atom stereocenters. The lowest BCUT2D eigenvalue weighted by molar-refractivity contribution is -0.248. The van der Waals surface area contributed by atoms with Gasteiger partial charge in [-0.25, -0.2) is 0 Å². The van der Waals surface area contributed by atoms with Gasteiger partial charge in [-0.05, 0) is 48.8 Å². The Morgan fingerprint density at radius 3 is 2.65 bits per heavy atom. The van der Waals surface area contributed by atoms with E-state index < -0.39 is 11.8 Å². The number of nitrogens with two attached hydrogens (primary N) is 1. The smallest absolute Gasteiger partial charge is 0.398 e. The Hall–Kier alpha value is -0.150. The second kappa shape index (κ2) is 4.95. The molecule has 1 unspecified atom stereocenters. The fourth-order valence-corrected chi connectivity index (χ4v) is 4.71. The number of rotatable bonds is 2. The number of hydrogen-bond donors (Lipinski definition) is 1. The predicted molar refractivity (Wildman–Crippen MR) is 81.6 cm³/mol. The molecule has 0 radical (unpaired) electrons. The number of nitrogen functional groups attached to an aromatic ring is 1. The summed E-state index contributed by atoms with van der Waals surface area (Å²) in [6.45, 7) is 0. The first-order valence-corrected chi connectivity index (χ1v) is 9.66. The van der Waals surface area contributed by atoms with Crippen molar-refractivity contribution in [3.05, 3.63) is 28.3 Å². The number of benzene rings is 1. The number of aryl methyl sites for hydroxylation is 2. The Balaban J connectivity index is 2.22. The van der Waals surface area contributed by atoms with Crippen molar-refractivity contribution in [1.29, 1.82) is 0 Å². The first kappa shape index (κ1) is 14.8. The maximum Gasteiger partial charge on any atom is 0.423 e. The van der Waals surface area contributed by atoms with Gasteiger partial charge in [-0.3, -0.25) is 4.18 Å². The minimum absolute atomic E-state index is 0.0884. The maximum absolute atomic E-state index is 13.6. The van der Waals surface area contributed by atoms with Crippen molar-refractivity contribution < 1.29 is 17.4 Å². The van der Waals surface area contributed by atoms with Crippen LogP contribution in [0.1, 0.15) is 35.1 Å². The Bertz CT molecular complexity index is 564. The van der Waals surface area contributed by atoms with Gasteiger partial charge in [-0.1, -0.05) is 6.07 Å². The molecular formula is C13H13F3INOS. The van der Waals surface area contributed by atoms with Crippen molar-refractivity contribution in [2.45, 2.75) is 43.9 Å². The summed E-state index contributed by atoms with van der Waals surface area (Å²) in [6.07, 6.45) is -1.55. The fraction of sp³-hybridized carbons (Fsp3) is 0.538. The maximum atomic E-state index is 13.6. The highest BCUT2D eigenvalue weighted by Gasteiger charge is 2.62. The first-order valence-electron chi connectivity index (χ1n) is 6.37. The lowest BCUT2D eigenvalue weighted by Gasteiger charge is -2.32. The molecule has 0 saturated heterocycles. The highest BCUT2D eigenvalue weighted by Crippen LogP contribution is 2.56. The number of hydrogen-bond acceptors (Lipinski definition) is 3. The molecule has 0 bridgehead atoms. The van der Waals surface area contributed by atoms with Gasteiger partial charge in [0.05, 0.1) is 9.21 Å². The second-order valence-corrected chi connectivity index (χ2v) is 6.66. The summed E-state index contributed by atoms with van der Waals surface area (Å²) >= 11 is 1.73. The van der Waals surface area contributed by atoms with Crippen LogP contribution in [-0.2, 0) is 29.0 Å². The summed E-state index contributed by atoms with van der Waals surface area (Å²) in [7, 11) is 0.725. The van der Waals surface area contributed by atoms with E-state index in [9.17, 15) is 13.2 Å². The molecule has 7 heteroatoms. The van der Waals surface area contributed by atoms with Gasteiger partial charge in [-0.2, -0.15) is 13.2 Å². The van der Waals surface area contributed by atoms with Gasteiger partial charge < -0.3 is 5.73 Å². The third kappa shape index (κ3) is 1.96. The van der Waals surface area contributed by atoms with Crippen molar-refractivity contribution >= 4 is 36.1 Å². The molecule has 0 aliphatic heterocycles. The average molecular weight is 415 g/mol. The molecule has 110 valence electrons. The molecule has 0 amide bonds. The van der Waals surface area contributed by atoms with E-state index in [-0.39, 0.29) is 12.0 Å². The third-order valence-electron chi connectivity index (χ3n) is 4.31. The largest absolute Gasteiger partial charge is 0.423 e. The molecule has 0 spiro atoms.